The number of rotatable bonds is 6. The van der Waals surface area contributed by atoms with Gasteiger partial charge in [0.1, 0.15) is 11.9 Å². The van der Waals surface area contributed by atoms with Crippen LogP contribution in [0.4, 0.5) is 0 Å². The van der Waals surface area contributed by atoms with Crippen LogP contribution >= 0.6 is 0 Å². The topological polar surface area (TPSA) is 58.3 Å². The quantitative estimate of drug-likeness (QED) is 0.838. The van der Waals surface area contributed by atoms with Crippen molar-refractivity contribution in [3.05, 3.63) is 54.2 Å². The third kappa shape index (κ3) is 3.66. The molecule has 0 aliphatic heterocycles. The number of nitrogens with one attached hydrogen (secondary N) is 1. The van der Waals surface area contributed by atoms with E-state index in [4.69, 9.17) is 4.42 Å². The number of aromatic nitrogens is 1. The first-order chi connectivity index (χ1) is 9.18. The molecule has 0 fully saturated rings. The molecule has 2 atom stereocenters. The molecule has 2 rings (SSSR count). The zero-order valence-electron chi connectivity index (χ0n) is 11.3. The summed E-state index contributed by atoms with van der Waals surface area (Å²) in [5, 5.41) is 13.4. The monoisotopic (exact) mass is 260 g/mol. The maximum absolute atomic E-state index is 10.0. The Labute approximate surface area is 113 Å². The highest BCUT2D eigenvalue weighted by atomic mass is 16.4. The second-order valence-corrected chi connectivity index (χ2v) is 4.95. The molecule has 0 spiro atoms. The number of hydrogen-bond acceptors (Lipinski definition) is 4. The van der Waals surface area contributed by atoms with Crippen molar-refractivity contribution in [3.63, 3.8) is 0 Å². The first-order valence-electron chi connectivity index (χ1n) is 6.53. The maximum Gasteiger partial charge on any atom is 0.133 e. The van der Waals surface area contributed by atoms with Gasteiger partial charge in [-0.15, -0.1) is 0 Å². The highest BCUT2D eigenvalue weighted by molar-refractivity contribution is 5.14. The second-order valence-electron chi connectivity index (χ2n) is 4.95. The summed E-state index contributed by atoms with van der Waals surface area (Å²) in [6.07, 6.45) is 4.56. The van der Waals surface area contributed by atoms with Crippen LogP contribution in [0.3, 0.4) is 0 Å². The van der Waals surface area contributed by atoms with Crippen molar-refractivity contribution in [2.45, 2.75) is 26.0 Å². The summed E-state index contributed by atoms with van der Waals surface area (Å²) in [5.41, 5.74) is 1.13. The predicted molar refractivity (Wildman–Crippen MR) is 73.5 cm³/mol. The van der Waals surface area contributed by atoms with Crippen molar-refractivity contribution in [1.82, 2.24) is 10.3 Å². The largest absolute Gasteiger partial charge is 0.467 e. The number of hydrogen-bond donors (Lipinski definition) is 2. The lowest BCUT2D eigenvalue weighted by atomic mass is 9.97. The van der Waals surface area contributed by atoms with Crippen LogP contribution < -0.4 is 5.32 Å². The molecular weight excluding hydrogens is 240 g/mol. The van der Waals surface area contributed by atoms with E-state index in [0.717, 1.165) is 5.56 Å². The molecule has 0 saturated heterocycles. The third-order valence-electron chi connectivity index (χ3n) is 3.11. The number of nitrogens with zero attached hydrogens (tertiary/aromatic N) is 1. The summed E-state index contributed by atoms with van der Waals surface area (Å²) in [4.78, 5) is 4.14. The van der Waals surface area contributed by atoms with E-state index in [1.165, 1.54) is 0 Å². The van der Waals surface area contributed by atoms with E-state index in [-0.39, 0.29) is 6.04 Å². The van der Waals surface area contributed by atoms with Gasteiger partial charge in [0, 0.05) is 25.0 Å². The van der Waals surface area contributed by atoms with Crippen molar-refractivity contribution < 1.29 is 9.52 Å². The molecule has 2 heterocycles. The lowest BCUT2D eigenvalue weighted by Crippen LogP contribution is -2.29. The smallest absolute Gasteiger partial charge is 0.133 e. The summed E-state index contributed by atoms with van der Waals surface area (Å²) in [6, 6.07) is 7.69. The van der Waals surface area contributed by atoms with E-state index in [1.54, 1.807) is 24.6 Å². The van der Waals surface area contributed by atoms with Gasteiger partial charge in [-0.05, 0) is 29.7 Å². The summed E-state index contributed by atoms with van der Waals surface area (Å²) in [7, 11) is 0. The molecule has 2 aromatic rings. The van der Waals surface area contributed by atoms with Gasteiger partial charge < -0.3 is 14.8 Å². The fourth-order valence-corrected chi connectivity index (χ4v) is 2.12. The molecule has 0 bridgehead atoms. The summed E-state index contributed by atoms with van der Waals surface area (Å²) in [6.45, 7) is 4.74. The molecule has 4 heteroatoms. The van der Waals surface area contributed by atoms with E-state index in [0.29, 0.717) is 18.2 Å². The number of aliphatic hydroxyl groups excluding tert-OH is 1. The lowest BCUT2D eigenvalue weighted by Gasteiger charge is -2.23. The molecule has 0 aliphatic carbocycles. The lowest BCUT2D eigenvalue weighted by molar-refractivity contribution is 0.140. The number of pyridine rings is 1. The van der Waals surface area contributed by atoms with Crippen molar-refractivity contribution >= 4 is 0 Å². The first-order valence-corrected chi connectivity index (χ1v) is 6.53. The average molecular weight is 260 g/mol. The third-order valence-corrected chi connectivity index (χ3v) is 3.11. The van der Waals surface area contributed by atoms with Crippen LogP contribution in [0.5, 0.6) is 0 Å². The van der Waals surface area contributed by atoms with E-state index in [9.17, 15) is 5.11 Å². The van der Waals surface area contributed by atoms with Crippen molar-refractivity contribution in [2.75, 3.05) is 6.54 Å². The van der Waals surface area contributed by atoms with Crippen LogP contribution in [0, 0.1) is 5.92 Å². The normalized spacial score (nSPS) is 14.5. The summed E-state index contributed by atoms with van der Waals surface area (Å²) < 4.78 is 5.19. The molecule has 0 radical (unpaired) electrons. The highest BCUT2D eigenvalue weighted by Crippen LogP contribution is 2.22. The van der Waals surface area contributed by atoms with Gasteiger partial charge in [0.15, 0.2) is 0 Å². The van der Waals surface area contributed by atoms with Crippen LogP contribution in [0.25, 0.3) is 0 Å². The minimum absolute atomic E-state index is 0.165. The van der Waals surface area contributed by atoms with E-state index in [1.807, 2.05) is 18.3 Å². The minimum Gasteiger partial charge on any atom is -0.467 e. The van der Waals surface area contributed by atoms with Gasteiger partial charge in [-0.3, -0.25) is 4.98 Å². The van der Waals surface area contributed by atoms with Gasteiger partial charge in [0.2, 0.25) is 0 Å². The fourth-order valence-electron chi connectivity index (χ4n) is 2.12. The Morgan fingerprint density at radius 2 is 2.16 bits per heavy atom. The predicted octanol–water partition coefficient (Wildman–Crippen LogP) is 2.69. The molecule has 0 aliphatic rings. The summed E-state index contributed by atoms with van der Waals surface area (Å²) >= 11 is 0. The van der Waals surface area contributed by atoms with E-state index in [2.05, 4.69) is 24.1 Å². The Bertz CT molecular complexity index is 468. The molecule has 0 aromatic carbocycles. The molecule has 2 N–H and O–H groups in total. The highest BCUT2D eigenvalue weighted by Gasteiger charge is 2.18. The van der Waals surface area contributed by atoms with Gasteiger partial charge >= 0.3 is 0 Å². The van der Waals surface area contributed by atoms with Crippen LogP contribution in [-0.4, -0.2) is 16.6 Å². The maximum atomic E-state index is 10.0. The molecule has 4 nitrogen and oxygen atoms in total. The number of aliphatic hydroxyl groups is 1. The van der Waals surface area contributed by atoms with Crippen molar-refractivity contribution in [1.29, 1.82) is 0 Å². The molecule has 102 valence electrons. The first kappa shape index (κ1) is 13.8. The molecular formula is C15H20N2O2. The van der Waals surface area contributed by atoms with Crippen molar-refractivity contribution in [3.8, 4) is 0 Å². The van der Waals surface area contributed by atoms with Gasteiger partial charge in [0.05, 0.1) is 6.26 Å². The Hall–Kier alpha value is -1.65. The Morgan fingerprint density at radius 3 is 2.74 bits per heavy atom. The zero-order valence-corrected chi connectivity index (χ0v) is 11.3. The van der Waals surface area contributed by atoms with Crippen LogP contribution in [-0.2, 0) is 0 Å². The molecule has 2 unspecified atom stereocenters. The average Bonchev–Trinajstić information content (AvgIpc) is 2.93. The standard InChI is InChI=1S/C15H20N2O2/c1-11(2)15(12-5-3-7-16-9-12)17-10-13(18)14-6-4-8-19-14/h3-9,11,13,15,17-18H,10H2,1-2H3. The van der Waals surface area contributed by atoms with Crippen LogP contribution in [0.15, 0.2) is 47.3 Å². The van der Waals surface area contributed by atoms with Gasteiger partial charge in [-0.25, -0.2) is 0 Å². The minimum atomic E-state index is -0.632. The van der Waals surface area contributed by atoms with Crippen molar-refractivity contribution in [2.24, 2.45) is 5.92 Å². The van der Waals surface area contributed by atoms with Gasteiger partial charge in [-0.2, -0.15) is 0 Å². The SMILES string of the molecule is CC(C)C(NCC(O)c1ccco1)c1cccnc1. The van der Waals surface area contributed by atoms with Crippen LogP contribution in [0.2, 0.25) is 0 Å². The van der Waals surface area contributed by atoms with E-state index < -0.39 is 6.10 Å². The molecule has 19 heavy (non-hydrogen) atoms. The Kier molecular flexibility index (Phi) is 4.71. The molecule has 0 saturated carbocycles. The molecule has 2 aromatic heterocycles. The molecule has 0 amide bonds. The summed E-state index contributed by atoms with van der Waals surface area (Å²) in [5.74, 6) is 0.995. The van der Waals surface area contributed by atoms with E-state index >= 15 is 0 Å². The second kappa shape index (κ2) is 6.50. The fraction of sp³-hybridized carbons (Fsp3) is 0.400. The zero-order chi connectivity index (χ0) is 13.7. The number of furan rings is 1. The van der Waals surface area contributed by atoms with Gasteiger partial charge in [0.25, 0.3) is 0 Å². The Morgan fingerprint density at radius 1 is 1.32 bits per heavy atom. The van der Waals surface area contributed by atoms with Crippen LogP contribution in [0.1, 0.15) is 37.3 Å². The van der Waals surface area contributed by atoms with Gasteiger partial charge in [-0.1, -0.05) is 19.9 Å². The Balaban J connectivity index is 1.98.